The van der Waals surface area contributed by atoms with E-state index in [0.29, 0.717) is 16.7 Å². The molecule has 7 nitrogen and oxygen atoms in total. The Balaban J connectivity index is 1.93. The molecule has 1 unspecified atom stereocenters. The van der Waals surface area contributed by atoms with Crippen LogP contribution in [0.1, 0.15) is 0 Å². The molecule has 2 aromatic heterocycles. The van der Waals surface area contributed by atoms with Crippen molar-refractivity contribution in [2.75, 3.05) is 4.90 Å². The molecule has 1 aromatic carbocycles. The predicted molar refractivity (Wildman–Crippen MR) is 102 cm³/mol. The van der Waals surface area contributed by atoms with Crippen molar-refractivity contribution in [1.29, 1.82) is 0 Å². The molecule has 26 heavy (non-hydrogen) atoms. The molecular weight excluding hydrogens is 374 g/mol. The third kappa shape index (κ3) is 2.68. The predicted octanol–water partition coefficient (Wildman–Crippen LogP) is 2.49. The number of anilines is 1. The molecule has 0 spiro atoms. The van der Waals surface area contributed by atoms with E-state index >= 15 is 0 Å². The van der Waals surface area contributed by atoms with Gasteiger partial charge in [0.1, 0.15) is 5.17 Å². The summed E-state index contributed by atoms with van der Waals surface area (Å²) in [5.74, 6) is 0. The summed E-state index contributed by atoms with van der Waals surface area (Å²) in [7, 11) is -3.81. The van der Waals surface area contributed by atoms with Crippen LogP contribution in [0.25, 0.3) is 11.0 Å². The standard InChI is InChI=1S/C17H14ClN5O2S/c18-15-8-10-22(17(19)21-15)14-11-23(16-13(14)7-4-9-20-16)26(24,25)12-5-2-1-3-6-12/h1-11,17H,19H2. The number of allylic oxidation sites excluding steroid dienone is 1. The fourth-order valence-electron chi connectivity index (χ4n) is 2.79. The van der Waals surface area contributed by atoms with Crippen LogP contribution in [0.15, 0.2) is 77.0 Å². The summed E-state index contributed by atoms with van der Waals surface area (Å²) in [6.07, 6.45) is 5.55. The highest BCUT2D eigenvalue weighted by molar-refractivity contribution is 7.90. The number of fused-ring (bicyclic) bond motifs is 1. The topological polar surface area (TPSA) is 93.6 Å². The quantitative estimate of drug-likeness (QED) is 0.745. The minimum Gasteiger partial charge on any atom is -0.311 e. The van der Waals surface area contributed by atoms with Gasteiger partial charge in [0.25, 0.3) is 10.0 Å². The Bertz CT molecular complexity index is 1140. The van der Waals surface area contributed by atoms with Gasteiger partial charge in [0.05, 0.1) is 10.6 Å². The SMILES string of the molecule is NC1N=C(Cl)C=CN1c1cn(S(=O)(=O)c2ccccc2)c2ncccc12. The van der Waals surface area contributed by atoms with E-state index in [0.717, 1.165) is 3.97 Å². The van der Waals surface area contributed by atoms with Gasteiger partial charge >= 0.3 is 0 Å². The number of hydrogen-bond donors (Lipinski definition) is 1. The second-order valence-electron chi connectivity index (χ2n) is 5.59. The number of aliphatic imine (C=N–C) groups is 1. The van der Waals surface area contributed by atoms with Crippen LogP contribution >= 0.6 is 11.6 Å². The molecule has 1 aliphatic heterocycles. The van der Waals surface area contributed by atoms with Crippen molar-refractivity contribution >= 4 is 43.5 Å². The highest BCUT2D eigenvalue weighted by Gasteiger charge is 2.26. The lowest BCUT2D eigenvalue weighted by atomic mass is 10.3. The lowest BCUT2D eigenvalue weighted by Gasteiger charge is -2.26. The average Bonchev–Trinajstić information content (AvgIpc) is 3.03. The number of benzene rings is 1. The summed E-state index contributed by atoms with van der Waals surface area (Å²) in [6.45, 7) is 0. The number of pyridine rings is 1. The van der Waals surface area contributed by atoms with Gasteiger partial charge < -0.3 is 4.90 Å². The first-order valence-corrected chi connectivity index (χ1v) is 9.52. The highest BCUT2D eigenvalue weighted by atomic mass is 35.5. The van der Waals surface area contributed by atoms with Gasteiger partial charge in [0, 0.05) is 24.0 Å². The van der Waals surface area contributed by atoms with Crippen LogP contribution in [-0.4, -0.2) is 28.8 Å². The first kappa shape index (κ1) is 16.8. The van der Waals surface area contributed by atoms with Gasteiger partial charge in [-0.15, -0.1) is 0 Å². The molecule has 0 bridgehead atoms. The van der Waals surface area contributed by atoms with E-state index in [1.807, 2.05) is 0 Å². The summed E-state index contributed by atoms with van der Waals surface area (Å²) >= 11 is 5.88. The molecule has 1 aliphatic rings. The third-order valence-corrected chi connectivity index (χ3v) is 5.89. The Morgan fingerprint density at radius 3 is 2.62 bits per heavy atom. The van der Waals surface area contributed by atoms with Gasteiger partial charge in [0.15, 0.2) is 11.9 Å². The number of halogens is 1. The molecule has 0 radical (unpaired) electrons. The fraction of sp³-hybridized carbons (Fsp3) is 0.0588. The molecule has 1 atom stereocenters. The van der Waals surface area contributed by atoms with Crippen LogP contribution in [0.5, 0.6) is 0 Å². The van der Waals surface area contributed by atoms with E-state index < -0.39 is 16.3 Å². The molecule has 4 rings (SSSR count). The molecule has 0 aliphatic carbocycles. The van der Waals surface area contributed by atoms with Crippen molar-refractivity contribution in [3.63, 3.8) is 0 Å². The van der Waals surface area contributed by atoms with Gasteiger partial charge in [0.2, 0.25) is 0 Å². The molecule has 0 fully saturated rings. The molecule has 9 heteroatoms. The van der Waals surface area contributed by atoms with Crippen molar-refractivity contribution in [3.05, 3.63) is 67.1 Å². The molecule has 3 heterocycles. The van der Waals surface area contributed by atoms with Crippen LogP contribution in [-0.2, 0) is 10.0 Å². The molecule has 0 saturated heterocycles. The van der Waals surface area contributed by atoms with Crippen LogP contribution in [0, 0.1) is 0 Å². The van der Waals surface area contributed by atoms with E-state index in [2.05, 4.69) is 9.98 Å². The Kier molecular flexibility index (Phi) is 4.03. The average molecular weight is 388 g/mol. The molecular formula is C17H14ClN5O2S. The minimum absolute atomic E-state index is 0.175. The largest absolute Gasteiger partial charge is 0.311 e. The molecule has 0 saturated carbocycles. The first-order valence-electron chi connectivity index (χ1n) is 7.70. The lowest BCUT2D eigenvalue weighted by molar-refractivity contribution is 0.588. The van der Waals surface area contributed by atoms with E-state index in [9.17, 15) is 8.42 Å². The van der Waals surface area contributed by atoms with Gasteiger partial charge in [-0.05, 0) is 30.3 Å². The van der Waals surface area contributed by atoms with Crippen molar-refractivity contribution in [3.8, 4) is 0 Å². The summed E-state index contributed by atoms with van der Waals surface area (Å²) in [4.78, 5) is 10.2. The van der Waals surface area contributed by atoms with Crippen LogP contribution in [0.4, 0.5) is 5.69 Å². The summed E-state index contributed by atoms with van der Waals surface area (Å²) in [6, 6.07) is 11.7. The van der Waals surface area contributed by atoms with E-state index in [1.165, 1.54) is 6.20 Å². The summed E-state index contributed by atoms with van der Waals surface area (Å²) < 4.78 is 27.3. The molecule has 3 aromatic rings. The van der Waals surface area contributed by atoms with E-state index in [-0.39, 0.29) is 10.1 Å². The van der Waals surface area contributed by atoms with Crippen molar-refractivity contribution < 1.29 is 8.42 Å². The number of aromatic nitrogens is 2. The number of rotatable bonds is 3. The number of nitrogens with two attached hydrogens (primary N) is 1. The Morgan fingerprint density at radius 1 is 1.12 bits per heavy atom. The Morgan fingerprint density at radius 2 is 1.88 bits per heavy atom. The monoisotopic (exact) mass is 387 g/mol. The fourth-order valence-corrected chi connectivity index (χ4v) is 4.29. The van der Waals surface area contributed by atoms with E-state index in [4.69, 9.17) is 17.3 Å². The minimum atomic E-state index is -3.81. The van der Waals surface area contributed by atoms with Crippen molar-refractivity contribution in [2.24, 2.45) is 10.7 Å². The first-order chi connectivity index (χ1) is 12.5. The zero-order valence-electron chi connectivity index (χ0n) is 13.4. The maximum absolute atomic E-state index is 13.1. The second kappa shape index (κ2) is 6.24. The smallest absolute Gasteiger partial charge is 0.269 e. The number of hydrogen-bond acceptors (Lipinski definition) is 6. The maximum atomic E-state index is 13.1. The molecule has 2 N–H and O–H groups in total. The van der Waals surface area contributed by atoms with Crippen LogP contribution < -0.4 is 10.6 Å². The van der Waals surface area contributed by atoms with Gasteiger partial charge in [-0.1, -0.05) is 29.8 Å². The van der Waals surface area contributed by atoms with Crippen molar-refractivity contribution in [1.82, 2.24) is 8.96 Å². The lowest BCUT2D eigenvalue weighted by Crippen LogP contribution is -2.39. The van der Waals surface area contributed by atoms with Crippen LogP contribution in [0.2, 0.25) is 0 Å². The summed E-state index contributed by atoms with van der Waals surface area (Å²) in [5, 5.41) is 0.924. The second-order valence-corrected chi connectivity index (χ2v) is 7.79. The zero-order valence-corrected chi connectivity index (χ0v) is 15.0. The summed E-state index contributed by atoms with van der Waals surface area (Å²) in [5.41, 5.74) is 6.93. The Hall–Kier alpha value is -2.68. The molecule has 0 amide bonds. The van der Waals surface area contributed by atoms with Gasteiger partial charge in [-0.25, -0.2) is 22.4 Å². The van der Waals surface area contributed by atoms with E-state index in [1.54, 1.807) is 65.8 Å². The Labute approximate surface area is 155 Å². The maximum Gasteiger partial charge on any atom is 0.269 e. The number of nitrogens with zero attached hydrogens (tertiary/aromatic N) is 4. The highest BCUT2D eigenvalue weighted by Crippen LogP contribution is 2.32. The van der Waals surface area contributed by atoms with Gasteiger partial charge in [-0.2, -0.15) is 0 Å². The third-order valence-electron chi connectivity index (χ3n) is 4.00. The zero-order chi connectivity index (χ0) is 18.3. The van der Waals surface area contributed by atoms with Crippen molar-refractivity contribution in [2.45, 2.75) is 11.2 Å². The normalized spacial score (nSPS) is 17.5. The van der Waals surface area contributed by atoms with Crippen LogP contribution in [0.3, 0.4) is 0 Å². The molecule has 132 valence electrons. The van der Waals surface area contributed by atoms with Gasteiger partial charge in [-0.3, -0.25) is 5.73 Å².